The van der Waals surface area contributed by atoms with Gasteiger partial charge in [0.15, 0.2) is 0 Å². The highest BCUT2D eigenvalue weighted by Gasteiger charge is 2.10. The molecule has 2 aromatic carbocycles. The zero-order valence-corrected chi connectivity index (χ0v) is 19.3. The normalized spacial score (nSPS) is 11.5. The Bertz CT molecular complexity index is 1640. The summed E-state index contributed by atoms with van der Waals surface area (Å²) in [6.07, 6.45) is 1.37. The van der Waals surface area contributed by atoms with E-state index in [1.54, 1.807) is 55.5 Å². The average molecular weight is 494 g/mol. The van der Waals surface area contributed by atoms with Gasteiger partial charge in [-0.25, -0.2) is 23.9 Å². The first-order chi connectivity index (χ1) is 16.8. The van der Waals surface area contributed by atoms with Crippen LogP contribution < -0.4 is 22.6 Å². The minimum Gasteiger partial charge on any atom is -0.478 e. The van der Waals surface area contributed by atoms with Gasteiger partial charge in [-0.1, -0.05) is 23.7 Å². The fourth-order valence-corrected chi connectivity index (χ4v) is 3.60. The van der Waals surface area contributed by atoms with E-state index in [0.717, 1.165) is 16.2 Å². The number of aromatic carboxylic acids is 1. The molecule has 10 nitrogen and oxygen atoms in total. The fraction of sp³-hybridized carbons (Fsp3) is 0.125. The van der Waals surface area contributed by atoms with E-state index in [2.05, 4.69) is 9.98 Å². The van der Waals surface area contributed by atoms with E-state index in [9.17, 15) is 19.2 Å². The van der Waals surface area contributed by atoms with Gasteiger partial charge in [0.05, 0.1) is 17.8 Å². The van der Waals surface area contributed by atoms with Crippen molar-refractivity contribution in [1.29, 1.82) is 0 Å². The van der Waals surface area contributed by atoms with Gasteiger partial charge in [0.2, 0.25) is 5.62 Å². The quantitative estimate of drug-likeness (QED) is 0.425. The van der Waals surface area contributed by atoms with E-state index in [0.29, 0.717) is 16.4 Å². The highest BCUT2D eigenvalue weighted by Crippen LogP contribution is 2.15. The third kappa shape index (κ3) is 5.07. The van der Waals surface area contributed by atoms with Crippen molar-refractivity contribution in [1.82, 2.24) is 18.7 Å². The molecule has 0 aliphatic heterocycles. The van der Waals surface area contributed by atoms with E-state index in [1.165, 1.54) is 21.4 Å². The second-order valence-corrected chi connectivity index (χ2v) is 7.99. The smallest absolute Gasteiger partial charge is 0.335 e. The van der Waals surface area contributed by atoms with Crippen molar-refractivity contribution in [2.24, 2.45) is 4.99 Å². The van der Waals surface area contributed by atoms with Gasteiger partial charge in [-0.05, 0) is 55.0 Å². The van der Waals surface area contributed by atoms with Crippen molar-refractivity contribution in [2.75, 3.05) is 0 Å². The van der Waals surface area contributed by atoms with Gasteiger partial charge in [0.25, 0.3) is 5.56 Å². The third-order valence-electron chi connectivity index (χ3n) is 5.28. The van der Waals surface area contributed by atoms with Crippen LogP contribution in [0.1, 0.15) is 22.8 Å². The number of H-pyrrole nitrogens is 1. The lowest BCUT2D eigenvalue weighted by Gasteiger charge is -2.10. The predicted octanol–water partition coefficient (Wildman–Crippen LogP) is 2.14. The molecule has 11 heteroatoms. The maximum absolute atomic E-state index is 13.0. The van der Waals surface area contributed by atoms with Gasteiger partial charge in [0.1, 0.15) is 0 Å². The molecule has 0 saturated heterocycles. The van der Waals surface area contributed by atoms with Gasteiger partial charge in [0, 0.05) is 29.5 Å². The summed E-state index contributed by atoms with van der Waals surface area (Å²) in [5.41, 5.74) is 0.0965. The van der Waals surface area contributed by atoms with Crippen LogP contribution in [0.3, 0.4) is 0 Å². The van der Waals surface area contributed by atoms with E-state index in [4.69, 9.17) is 16.7 Å². The summed E-state index contributed by atoms with van der Waals surface area (Å²) in [5.74, 6) is -1.19. The third-order valence-corrected chi connectivity index (χ3v) is 5.53. The van der Waals surface area contributed by atoms with Crippen LogP contribution in [0, 0.1) is 0 Å². The van der Waals surface area contributed by atoms with E-state index in [1.807, 2.05) is 0 Å². The number of hydrogen-bond acceptors (Lipinski definition) is 5. The lowest BCUT2D eigenvalue weighted by molar-refractivity contribution is 0.0696. The Morgan fingerprint density at radius 3 is 2.29 bits per heavy atom. The number of halogens is 1. The summed E-state index contributed by atoms with van der Waals surface area (Å²) in [7, 11) is 0. The molecule has 0 aliphatic rings. The van der Waals surface area contributed by atoms with Crippen molar-refractivity contribution in [2.45, 2.75) is 20.0 Å². The second-order valence-electron chi connectivity index (χ2n) is 7.55. The van der Waals surface area contributed by atoms with E-state index in [-0.39, 0.29) is 24.3 Å². The summed E-state index contributed by atoms with van der Waals surface area (Å²) >= 11 is 5.96. The van der Waals surface area contributed by atoms with Gasteiger partial charge in [-0.15, -0.1) is 0 Å². The zero-order valence-electron chi connectivity index (χ0n) is 18.5. The second kappa shape index (κ2) is 9.82. The number of nitrogens with zero attached hydrogens (tertiary/aromatic N) is 4. The molecule has 2 N–H and O–H groups in total. The molecule has 35 heavy (non-hydrogen) atoms. The van der Waals surface area contributed by atoms with Crippen molar-refractivity contribution in [3.63, 3.8) is 0 Å². The van der Waals surface area contributed by atoms with Crippen LogP contribution in [0.2, 0.25) is 5.02 Å². The summed E-state index contributed by atoms with van der Waals surface area (Å²) in [6.45, 7) is 2.05. The molecule has 2 heterocycles. The van der Waals surface area contributed by atoms with Crippen LogP contribution in [0.15, 0.2) is 86.2 Å². The number of carbonyl (C=O) groups is 1. The van der Waals surface area contributed by atoms with Gasteiger partial charge < -0.3 is 5.11 Å². The molecule has 4 rings (SSSR count). The van der Waals surface area contributed by atoms with Gasteiger partial charge in [-0.3, -0.25) is 18.9 Å². The molecule has 0 amide bonds. The molecule has 178 valence electrons. The maximum atomic E-state index is 13.0. The Labute approximate surface area is 202 Å². The number of aromatic nitrogens is 4. The lowest BCUT2D eigenvalue weighted by Crippen LogP contribution is -2.49. The number of pyridine rings is 1. The number of benzene rings is 2. The van der Waals surface area contributed by atoms with Gasteiger partial charge >= 0.3 is 17.3 Å². The standard InChI is InChI=1S/C24H20ClN5O5/c1-2-28-23(34)27-22(30(24(28)35)14-15-3-5-17(25)6-4-15)26-18-7-9-19(10-8-18)29-12-11-16(21(32)33)13-20(29)31/h3-13H,2,14H2,1H3,(H,32,33)(H,26,27,34). The minimum atomic E-state index is -1.19. The van der Waals surface area contributed by atoms with Crippen molar-refractivity contribution in [3.8, 4) is 5.69 Å². The van der Waals surface area contributed by atoms with Crippen LogP contribution in [0.25, 0.3) is 5.69 Å². The van der Waals surface area contributed by atoms with Crippen LogP contribution in [0.5, 0.6) is 0 Å². The Hall–Kier alpha value is -4.44. The van der Waals surface area contributed by atoms with Crippen molar-refractivity contribution >= 4 is 23.3 Å². The molecule has 2 aromatic heterocycles. The Morgan fingerprint density at radius 2 is 1.69 bits per heavy atom. The first kappa shape index (κ1) is 23.7. The maximum Gasteiger partial charge on any atom is 0.335 e. The molecule has 0 spiro atoms. The number of rotatable bonds is 6. The largest absolute Gasteiger partial charge is 0.478 e. The molecular weight excluding hydrogens is 474 g/mol. The first-order valence-corrected chi connectivity index (χ1v) is 10.9. The molecule has 0 saturated carbocycles. The molecule has 4 aromatic rings. The number of aromatic amines is 1. The van der Waals surface area contributed by atoms with E-state index < -0.39 is 22.9 Å². The summed E-state index contributed by atoms with van der Waals surface area (Å²) in [4.78, 5) is 55.9. The highest BCUT2D eigenvalue weighted by atomic mass is 35.5. The molecule has 0 bridgehead atoms. The first-order valence-electron chi connectivity index (χ1n) is 10.6. The summed E-state index contributed by atoms with van der Waals surface area (Å²) < 4.78 is 3.73. The Kier molecular flexibility index (Phi) is 6.65. The van der Waals surface area contributed by atoms with Crippen LogP contribution >= 0.6 is 11.6 Å². The van der Waals surface area contributed by atoms with Crippen LogP contribution in [-0.4, -0.2) is 29.8 Å². The zero-order chi connectivity index (χ0) is 25.1. The van der Waals surface area contributed by atoms with E-state index >= 15 is 0 Å². The van der Waals surface area contributed by atoms with Crippen LogP contribution in [-0.2, 0) is 13.1 Å². The SMILES string of the molecule is CCn1c(=O)[nH]/c(=N\c2ccc(-n3ccc(C(=O)O)cc3=O)cc2)n(Cc2ccc(Cl)cc2)c1=O. The average Bonchev–Trinajstić information content (AvgIpc) is 2.83. The number of carboxylic acids is 1. The molecule has 0 fully saturated rings. The summed E-state index contributed by atoms with van der Waals surface area (Å²) in [5, 5.41) is 9.59. The fourth-order valence-electron chi connectivity index (χ4n) is 3.47. The highest BCUT2D eigenvalue weighted by molar-refractivity contribution is 6.30. The number of nitrogens with one attached hydrogen (secondary N) is 1. The predicted molar refractivity (Wildman–Crippen MR) is 130 cm³/mol. The molecule has 0 aliphatic carbocycles. The van der Waals surface area contributed by atoms with Crippen molar-refractivity contribution in [3.05, 3.63) is 120 Å². The molecule has 0 atom stereocenters. The van der Waals surface area contributed by atoms with Gasteiger partial charge in [-0.2, -0.15) is 0 Å². The van der Waals surface area contributed by atoms with Crippen LogP contribution in [0.4, 0.5) is 5.69 Å². The Morgan fingerprint density at radius 1 is 1.00 bits per heavy atom. The topological polar surface area (TPSA) is 131 Å². The number of hydrogen-bond donors (Lipinski definition) is 2. The van der Waals surface area contributed by atoms with Crippen molar-refractivity contribution < 1.29 is 9.90 Å². The lowest BCUT2D eigenvalue weighted by atomic mass is 10.2. The number of carboxylic acid groups (broad SMARTS) is 1. The molecular formula is C24H20ClN5O5. The Balaban J connectivity index is 1.77. The minimum absolute atomic E-state index is 0.0652. The summed E-state index contributed by atoms with van der Waals surface area (Å²) in [6, 6.07) is 15.8. The monoisotopic (exact) mass is 493 g/mol. The molecule has 0 radical (unpaired) electrons. The molecule has 0 unspecified atom stereocenters.